The van der Waals surface area contributed by atoms with Gasteiger partial charge >= 0.3 is 0 Å². The molecular weight excluding hydrogens is 506 g/mol. The zero-order valence-electron chi connectivity index (χ0n) is 15.3. The van der Waals surface area contributed by atoms with Crippen LogP contribution in [0.4, 0.5) is 5.69 Å². The van der Waals surface area contributed by atoms with Crippen LogP contribution in [-0.4, -0.2) is 6.61 Å². The Hall–Kier alpha value is -1.69. The zero-order chi connectivity index (χ0) is 19.9. The Morgan fingerprint density at radius 3 is 2.39 bits per heavy atom. The summed E-state index contributed by atoms with van der Waals surface area (Å²) in [5, 5.41) is 4.12. The lowest BCUT2D eigenvalue weighted by Crippen LogP contribution is -2.04. The first kappa shape index (κ1) is 21.0. The van der Waals surface area contributed by atoms with Crippen LogP contribution in [0.1, 0.15) is 18.1 Å². The van der Waals surface area contributed by atoms with Crippen molar-refractivity contribution < 1.29 is 9.47 Å². The highest BCUT2D eigenvalue weighted by molar-refractivity contribution is 9.10. The lowest BCUT2D eigenvalue weighted by molar-refractivity contribution is 0.269. The van der Waals surface area contributed by atoms with Gasteiger partial charge in [0.15, 0.2) is 11.5 Å². The largest absolute Gasteiger partial charge is 0.490 e. The molecule has 0 saturated heterocycles. The number of ether oxygens (including phenoxy) is 2. The maximum Gasteiger partial charge on any atom is 0.162 e. The van der Waals surface area contributed by atoms with Gasteiger partial charge in [0, 0.05) is 26.2 Å². The van der Waals surface area contributed by atoms with Crippen molar-refractivity contribution in [1.82, 2.24) is 0 Å². The summed E-state index contributed by atoms with van der Waals surface area (Å²) in [7, 11) is 0. The number of anilines is 1. The minimum Gasteiger partial charge on any atom is -0.490 e. The third-order valence-electron chi connectivity index (χ3n) is 4.02. The predicted octanol–water partition coefficient (Wildman–Crippen LogP) is 7.45. The second-order valence-corrected chi connectivity index (χ2v) is 8.31. The summed E-state index contributed by atoms with van der Waals surface area (Å²) in [6.45, 7) is 3.61. The molecular formula is C22H20Br2ClNO2. The van der Waals surface area contributed by atoms with E-state index in [-0.39, 0.29) is 0 Å². The summed E-state index contributed by atoms with van der Waals surface area (Å²) in [5.74, 6) is 1.42. The van der Waals surface area contributed by atoms with E-state index in [1.165, 1.54) is 0 Å². The van der Waals surface area contributed by atoms with Gasteiger partial charge in [0.25, 0.3) is 0 Å². The lowest BCUT2D eigenvalue weighted by atomic mass is 10.2. The van der Waals surface area contributed by atoms with Crippen molar-refractivity contribution in [3.63, 3.8) is 0 Å². The van der Waals surface area contributed by atoms with Gasteiger partial charge in [-0.2, -0.15) is 0 Å². The Labute approximate surface area is 187 Å². The Morgan fingerprint density at radius 1 is 0.929 bits per heavy atom. The van der Waals surface area contributed by atoms with Crippen molar-refractivity contribution in [3.8, 4) is 11.5 Å². The minimum absolute atomic E-state index is 0.420. The topological polar surface area (TPSA) is 30.5 Å². The molecule has 0 unspecified atom stereocenters. The summed E-state index contributed by atoms with van der Waals surface area (Å²) in [6, 6.07) is 19.7. The molecule has 0 aliphatic rings. The monoisotopic (exact) mass is 523 g/mol. The van der Waals surface area contributed by atoms with E-state index in [4.69, 9.17) is 21.1 Å². The summed E-state index contributed by atoms with van der Waals surface area (Å²) in [6.07, 6.45) is 0. The van der Waals surface area contributed by atoms with Crippen molar-refractivity contribution in [2.24, 2.45) is 0 Å². The van der Waals surface area contributed by atoms with Crippen LogP contribution in [0.5, 0.6) is 11.5 Å². The van der Waals surface area contributed by atoms with E-state index in [2.05, 4.69) is 37.2 Å². The fraction of sp³-hybridized carbons (Fsp3) is 0.182. The molecule has 0 saturated carbocycles. The maximum absolute atomic E-state index is 6.05. The van der Waals surface area contributed by atoms with Crippen LogP contribution in [0.2, 0.25) is 5.02 Å². The van der Waals surface area contributed by atoms with E-state index in [0.29, 0.717) is 30.5 Å². The standard InChI is InChI=1S/C22H20Br2ClNO2/c1-2-27-21-11-16(13-26-19-8-6-17(23)7-9-19)20(24)12-22(21)28-14-15-4-3-5-18(25)10-15/h3-12,26H,2,13-14H2,1H3. The Morgan fingerprint density at radius 2 is 1.68 bits per heavy atom. The SMILES string of the molecule is CCOc1cc(CNc2ccc(Br)cc2)c(Br)cc1OCc1cccc(Cl)c1. The van der Waals surface area contributed by atoms with Crippen LogP contribution >= 0.6 is 43.5 Å². The van der Waals surface area contributed by atoms with Crippen LogP contribution in [-0.2, 0) is 13.2 Å². The number of halogens is 3. The number of rotatable bonds is 8. The fourth-order valence-electron chi connectivity index (χ4n) is 2.65. The number of nitrogens with one attached hydrogen (secondary N) is 1. The van der Waals surface area contributed by atoms with Crippen molar-refractivity contribution in [2.75, 3.05) is 11.9 Å². The molecule has 0 aromatic heterocycles. The molecule has 3 aromatic carbocycles. The molecule has 28 heavy (non-hydrogen) atoms. The quantitative estimate of drug-likeness (QED) is 0.331. The summed E-state index contributed by atoms with van der Waals surface area (Å²) >= 11 is 13.2. The first-order chi connectivity index (χ1) is 13.5. The number of benzene rings is 3. The molecule has 0 heterocycles. The third kappa shape index (κ3) is 5.90. The highest BCUT2D eigenvalue weighted by Crippen LogP contribution is 2.35. The van der Waals surface area contributed by atoms with E-state index in [1.807, 2.05) is 67.6 Å². The van der Waals surface area contributed by atoms with Gasteiger partial charge in [-0.1, -0.05) is 55.6 Å². The minimum atomic E-state index is 0.420. The van der Waals surface area contributed by atoms with Crippen LogP contribution in [0.25, 0.3) is 0 Å². The molecule has 0 fully saturated rings. The molecule has 1 N–H and O–H groups in total. The lowest BCUT2D eigenvalue weighted by Gasteiger charge is -2.16. The van der Waals surface area contributed by atoms with Crippen LogP contribution in [0.15, 0.2) is 69.6 Å². The van der Waals surface area contributed by atoms with Crippen molar-refractivity contribution >= 4 is 49.1 Å². The summed E-state index contributed by atoms with van der Waals surface area (Å²) in [4.78, 5) is 0. The molecule has 3 rings (SSSR count). The van der Waals surface area contributed by atoms with E-state index < -0.39 is 0 Å². The third-order valence-corrected chi connectivity index (χ3v) is 5.53. The van der Waals surface area contributed by atoms with Gasteiger partial charge in [-0.15, -0.1) is 0 Å². The number of hydrogen-bond donors (Lipinski definition) is 1. The maximum atomic E-state index is 6.05. The Bertz CT molecular complexity index is 932. The van der Waals surface area contributed by atoms with E-state index in [0.717, 1.165) is 31.5 Å². The predicted molar refractivity (Wildman–Crippen MR) is 123 cm³/mol. The summed E-state index contributed by atoms with van der Waals surface area (Å²) < 4.78 is 13.8. The van der Waals surface area contributed by atoms with Crippen LogP contribution in [0.3, 0.4) is 0 Å². The first-order valence-corrected chi connectivity index (χ1v) is 10.8. The highest BCUT2D eigenvalue weighted by atomic mass is 79.9. The van der Waals surface area contributed by atoms with Gasteiger partial charge in [-0.3, -0.25) is 0 Å². The Balaban J connectivity index is 1.74. The zero-order valence-corrected chi connectivity index (χ0v) is 19.3. The Kier molecular flexibility index (Phi) is 7.65. The van der Waals surface area contributed by atoms with Gasteiger partial charge in [-0.25, -0.2) is 0 Å². The van der Waals surface area contributed by atoms with Crippen molar-refractivity contribution in [3.05, 3.63) is 85.8 Å². The molecule has 0 atom stereocenters. The molecule has 0 radical (unpaired) electrons. The second-order valence-electron chi connectivity index (χ2n) is 6.10. The first-order valence-electron chi connectivity index (χ1n) is 8.87. The average molecular weight is 526 g/mol. The van der Waals surface area contributed by atoms with E-state index >= 15 is 0 Å². The van der Waals surface area contributed by atoms with E-state index in [9.17, 15) is 0 Å². The van der Waals surface area contributed by atoms with Crippen LogP contribution in [0, 0.1) is 0 Å². The molecule has 6 heteroatoms. The van der Waals surface area contributed by atoms with Gasteiger partial charge < -0.3 is 14.8 Å². The molecule has 3 aromatic rings. The molecule has 0 amide bonds. The van der Waals surface area contributed by atoms with Gasteiger partial charge in [-0.05, 0) is 66.6 Å². The molecule has 0 aliphatic heterocycles. The fourth-order valence-corrected chi connectivity index (χ4v) is 3.59. The van der Waals surface area contributed by atoms with Crippen LogP contribution < -0.4 is 14.8 Å². The summed E-state index contributed by atoms with van der Waals surface area (Å²) in [5.41, 5.74) is 3.14. The normalized spacial score (nSPS) is 10.6. The molecule has 0 spiro atoms. The molecule has 0 bridgehead atoms. The second kappa shape index (κ2) is 10.2. The van der Waals surface area contributed by atoms with Crippen molar-refractivity contribution in [2.45, 2.75) is 20.1 Å². The van der Waals surface area contributed by atoms with Gasteiger partial charge in [0.1, 0.15) is 6.61 Å². The smallest absolute Gasteiger partial charge is 0.162 e. The molecule has 0 aliphatic carbocycles. The van der Waals surface area contributed by atoms with E-state index in [1.54, 1.807) is 0 Å². The molecule has 3 nitrogen and oxygen atoms in total. The van der Waals surface area contributed by atoms with Crippen molar-refractivity contribution in [1.29, 1.82) is 0 Å². The average Bonchev–Trinajstić information content (AvgIpc) is 2.68. The molecule has 146 valence electrons. The van der Waals surface area contributed by atoms with Gasteiger partial charge in [0.2, 0.25) is 0 Å². The van der Waals surface area contributed by atoms with Gasteiger partial charge in [0.05, 0.1) is 6.61 Å². The number of hydrogen-bond acceptors (Lipinski definition) is 3. The highest BCUT2D eigenvalue weighted by Gasteiger charge is 2.11.